The highest BCUT2D eigenvalue weighted by Crippen LogP contribution is 2.34. The third kappa shape index (κ3) is 4.09. The van der Waals surface area contributed by atoms with Gasteiger partial charge in [-0.2, -0.15) is 0 Å². The second kappa shape index (κ2) is 8.54. The van der Waals surface area contributed by atoms with Crippen molar-refractivity contribution in [2.75, 3.05) is 33.2 Å². The first kappa shape index (κ1) is 20.9. The van der Waals surface area contributed by atoms with E-state index in [0.717, 1.165) is 48.7 Å². The third-order valence-corrected chi connectivity index (χ3v) is 6.53. The van der Waals surface area contributed by atoms with E-state index in [2.05, 4.69) is 11.9 Å². The Morgan fingerprint density at radius 1 is 1.00 bits per heavy atom. The monoisotopic (exact) mass is 436 g/mol. The van der Waals surface area contributed by atoms with E-state index in [-0.39, 0.29) is 24.1 Å². The van der Waals surface area contributed by atoms with E-state index in [1.165, 1.54) is 18.2 Å². The number of allylic oxidation sites excluding steroid dienone is 4. The van der Waals surface area contributed by atoms with Crippen LogP contribution in [0.5, 0.6) is 0 Å². The van der Waals surface area contributed by atoms with Gasteiger partial charge in [0.25, 0.3) is 0 Å². The number of aromatic nitrogens is 2. The first-order valence-corrected chi connectivity index (χ1v) is 11.1. The van der Waals surface area contributed by atoms with Gasteiger partial charge in [0.2, 0.25) is 5.91 Å². The molecule has 0 spiro atoms. The molecule has 1 aromatic carbocycles. The summed E-state index contributed by atoms with van der Waals surface area (Å²) in [5.41, 5.74) is 4.51. The first-order chi connectivity index (χ1) is 15.5. The van der Waals surface area contributed by atoms with Crippen molar-refractivity contribution in [2.45, 2.75) is 25.4 Å². The zero-order valence-corrected chi connectivity index (χ0v) is 18.1. The molecule has 5 nitrogen and oxygen atoms in total. The van der Waals surface area contributed by atoms with Gasteiger partial charge in [-0.3, -0.25) is 4.79 Å². The lowest BCUT2D eigenvalue weighted by molar-refractivity contribution is -0.136. The maximum atomic E-state index is 13.6. The van der Waals surface area contributed by atoms with Gasteiger partial charge >= 0.3 is 0 Å². The molecule has 1 fully saturated rings. The molecule has 32 heavy (non-hydrogen) atoms. The molecule has 0 saturated carbocycles. The van der Waals surface area contributed by atoms with Gasteiger partial charge < -0.3 is 9.80 Å². The normalized spacial score (nSPS) is 23.2. The van der Waals surface area contributed by atoms with Crippen molar-refractivity contribution in [1.29, 1.82) is 0 Å². The second-order valence-corrected chi connectivity index (χ2v) is 8.83. The van der Waals surface area contributed by atoms with Crippen LogP contribution in [0.2, 0.25) is 0 Å². The van der Waals surface area contributed by atoms with Crippen LogP contribution in [0.3, 0.4) is 0 Å². The maximum Gasteiger partial charge on any atom is 0.226 e. The molecule has 2 aliphatic carbocycles. The second-order valence-electron chi connectivity index (χ2n) is 8.83. The molecule has 0 bridgehead atoms. The van der Waals surface area contributed by atoms with Crippen LogP contribution in [-0.4, -0.2) is 65.1 Å². The summed E-state index contributed by atoms with van der Waals surface area (Å²) < 4.78 is 27.2. The molecule has 1 aromatic heterocycles. The molecule has 7 heteroatoms. The summed E-state index contributed by atoms with van der Waals surface area (Å²) in [4.78, 5) is 27.1. The molecule has 0 N–H and O–H groups in total. The van der Waals surface area contributed by atoms with Gasteiger partial charge in [0.1, 0.15) is 12.0 Å². The van der Waals surface area contributed by atoms with Crippen molar-refractivity contribution in [3.8, 4) is 11.3 Å². The van der Waals surface area contributed by atoms with Gasteiger partial charge in [0.15, 0.2) is 0 Å². The highest BCUT2D eigenvalue weighted by atomic mass is 19.1. The lowest BCUT2D eigenvalue weighted by Crippen LogP contribution is -2.49. The molecule has 2 unspecified atom stereocenters. The average molecular weight is 437 g/mol. The van der Waals surface area contributed by atoms with Crippen molar-refractivity contribution in [1.82, 2.24) is 19.8 Å². The number of nitrogens with zero attached hydrogens (tertiary/aromatic N) is 4. The van der Waals surface area contributed by atoms with Crippen molar-refractivity contribution in [3.63, 3.8) is 0 Å². The number of fused-ring (bicyclic) bond motifs is 1. The van der Waals surface area contributed by atoms with Crippen LogP contribution in [0.25, 0.3) is 16.8 Å². The number of rotatable bonds is 3. The Morgan fingerprint density at radius 3 is 2.28 bits per heavy atom. The zero-order valence-electron chi connectivity index (χ0n) is 18.1. The molecule has 1 amide bonds. The van der Waals surface area contributed by atoms with E-state index in [1.807, 2.05) is 11.0 Å². The van der Waals surface area contributed by atoms with Gasteiger partial charge in [-0.25, -0.2) is 18.7 Å². The fraction of sp³-hybridized carbons (Fsp3) is 0.400. The Balaban J connectivity index is 1.47. The van der Waals surface area contributed by atoms with Crippen LogP contribution in [-0.2, 0) is 17.6 Å². The van der Waals surface area contributed by atoms with Crippen LogP contribution in [0.1, 0.15) is 23.5 Å². The van der Waals surface area contributed by atoms with Crippen molar-refractivity contribution in [2.24, 2.45) is 5.92 Å². The summed E-state index contributed by atoms with van der Waals surface area (Å²) in [5.74, 6) is -0.310. The Hall–Kier alpha value is -2.93. The van der Waals surface area contributed by atoms with E-state index >= 15 is 0 Å². The van der Waals surface area contributed by atoms with Crippen LogP contribution in [0.4, 0.5) is 8.78 Å². The number of piperazine rings is 1. The summed E-state index contributed by atoms with van der Waals surface area (Å²) in [5, 5.41) is 0. The number of hydrogen-bond donors (Lipinski definition) is 0. The minimum absolute atomic E-state index is 0.157. The van der Waals surface area contributed by atoms with Crippen LogP contribution >= 0.6 is 0 Å². The Labute approximate surface area is 186 Å². The number of amides is 1. The van der Waals surface area contributed by atoms with E-state index in [4.69, 9.17) is 9.97 Å². The molecule has 1 saturated heterocycles. The standard InChI is InChI=1S/C25H26F2N4O/c1-30-10-12-31(13-11-30)25(32)18-14-21-22(15-18)29-24(17-4-8-20(27)9-5-17)23(28-21)16-2-6-19(26)7-3-16/h2-8,18,20H,9-15H2,1H3. The zero-order chi connectivity index (χ0) is 22.2. The minimum Gasteiger partial charge on any atom is -0.340 e. The van der Waals surface area contributed by atoms with Crippen LogP contribution in [0.15, 0.2) is 42.5 Å². The lowest BCUT2D eigenvalue weighted by atomic mass is 9.98. The van der Waals surface area contributed by atoms with Gasteiger partial charge in [-0.15, -0.1) is 0 Å². The van der Waals surface area contributed by atoms with Crippen molar-refractivity contribution < 1.29 is 13.6 Å². The molecule has 2 aromatic rings. The number of halogens is 2. The van der Waals surface area contributed by atoms with Crippen LogP contribution in [0, 0.1) is 11.7 Å². The first-order valence-electron chi connectivity index (χ1n) is 11.1. The smallest absolute Gasteiger partial charge is 0.226 e. The van der Waals surface area contributed by atoms with E-state index in [9.17, 15) is 13.6 Å². The van der Waals surface area contributed by atoms with Gasteiger partial charge in [0, 0.05) is 56.9 Å². The summed E-state index contributed by atoms with van der Waals surface area (Å²) in [6.07, 6.45) is 5.50. The van der Waals surface area contributed by atoms with Crippen LogP contribution < -0.4 is 0 Å². The molecule has 3 aliphatic rings. The molecule has 1 aliphatic heterocycles. The van der Waals surface area contributed by atoms with Crippen molar-refractivity contribution in [3.05, 3.63) is 65.4 Å². The fourth-order valence-corrected chi connectivity index (χ4v) is 4.61. The largest absolute Gasteiger partial charge is 0.340 e. The third-order valence-electron chi connectivity index (χ3n) is 6.53. The summed E-state index contributed by atoms with van der Waals surface area (Å²) in [7, 11) is 2.07. The maximum absolute atomic E-state index is 13.6. The number of carbonyl (C=O) groups is 1. The number of hydrogen-bond acceptors (Lipinski definition) is 4. The van der Waals surface area contributed by atoms with E-state index < -0.39 is 6.17 Å². The van der Waals surface area contributed by atoms with Gasteiger partial charge in [-0.1, -0.05) is 12.2 Å². The van der Waals surface area contributed by atoms with Gasteiger partial charge in [-0.05, 0) is 43.0 Å². The summed E-state index contributed by atoms with van der Waals surface area (Å²) in [6.45, 7) is 3.27. The lowest BCUT2D eigenvalue weighted by Gasteiger charge is -2.33. The topological polar surface area (TPSA) is 49.3 Å². The molecule has 2 atom stereocenters. The molecule has 2 heterocycles. The molecular formula is C25H26F2N4O. The molecule has 166 valence electrons. The quantitative estimate of drug-likeness (QED) is 0.740. The number of carbonyl (C=O) groups excluding carboxylic acids is 1. The minimum atomic E-state index is -0.999. The van der Waals surface area contributed by atoms with Crippen molar-refractivity contribution >= 4 is 11.5 Å². The Kier molecular flexibility index (Phi) is 5.59. The number of benzene rings is 1. The Bertz CT molecular complexity index is 1090. The fourth-order valence-electron chi connectivity index (χ4n) is 4.61. The SMILES string of the molecule is CN1CCN(C(=O)C2Cc3nc(C4=CCC(F)C=C4)c(-c4ccc(F)cc4)nc3C2)CC1. The number of likely N-dealkylation sites (N-methyl/N-ethyl adjacent to an activating group) is 1. The van der Waals surface area contributed by atoms with E-state index in [1.54, 1.807) is 18.2 Å². The summed E-state index contributed by atoms with van der Waals surface area (Å²) >= 11 is 0. The summed E-state index contributed by atoms with van der Waals surface area (Å²) in [6, 6.07) is 6.16. The average Bonchev–Trinajstić information content (AvgIpc) is 3.22. The predicted octanol–water partition coefficient (Wildman–Crippen LogP) is 3.45. The number of alkyl halides is 1. The molecule has 5 rings (SSSR count). The highest BCUT2D eigenvalue weighted by Gasteiger charge is 2.34. The Morgan fingerprint density at radius 2 is 1.66 bits per heavy atom. The van der Waals surface area contributed by atoms with E-state index in [0.29, 0.717) is 24.2 Å². The molecule has 0 radical (unpaired) electrons. The van der Waals surface area contributed by atoms with Gasteiger partial charge in [0.05, 0.1) is 22.8 Å². The predicted molar refractivity (Wildman–Crippen MR) is 119 cm³/mol. The molecular weight excluding hydrogens is 410 g/mol. The highest BCUT2D eigenvalue weighted by molar-refractivity contribution is 5.83.